The first kappa shape index (κ1) is 15.2. The monoisotopic (exact) mass is 263 g/mol. The average molecular weight is 263 g/mol. The number of aryl methyl sites for hydroxylation is 2. The molecule has 0 spiro atoms. The first-order valence-corrected chi connectivity index (χ1v) is 6.38. The minimum absolute atomic E-state index is 0.106. The summed E-state index contributed by atoms with van der Waals surface area (Å²) in [5.41, 5.74) is 3.54. The van der Waals surface area contributed by atoms with Crippen LogP contribution in [0.25, 0.3) is 0 Å². The zero-order chi connectivity index (χ0) is 14.4. The number of carbonyl (C=O) groups excluding carboxylic acids is 2. The van der Waals surface area contributed by atoms with Gasteiger partial charge in [0.2, 0.25) is 0 Å². The van der Waals surface area contributed by atoms with Crippen molar-refractivity contribution in [2.45, 2.75) is 33.2 Å². The second-order valence-corrected chi connectivity index (χ2v) is 4.56. The Bertz CT molecular complexity index is 436. The van der Waals surface area contributed by atoms with E-state index in [1.807, 2.05) is 18.0 Å². The maximum absolute atomic E-state index is 11.5. The van der Waals surface area contributed by atoms with E-state index in [-0.39, 0.29) is 12.0 Å². The van der Waals surface area contributed by atoms with Crippen LogP contribution in [0.15, 0.2) is 18.2 Å². The summed E-state index contributed by atoms with van der Waals surface area (Å²) in [6.07, 6.45) is 1.53. The molecular formula is C15H21NO3. The lowest BCUT2D eigenvalue weighted by Crippen LogP contribution is -2.36. The van der Waals surface area contributed by atoms with Gasteiger partial charge in [0.1, 0.15) is 12.3 Å². The van der Waals surface area contributed by atoms with Crippen molar-refractivity contribution < 1.29 is 14.3 Å². The summed E-state index contributed by atoms with van der Waals surface area (Å²) in [4.78, 5) is 22.4. The number of esters is 1. The molecule has 0 aromatic heterocycles. The fourth-order valence-corrected chi connectivity index (χ4v) is 2.35. The Balaban J connectivity index is 0.000000550. The van der Waals surface area contributed by atoms with Gasteiger partial charge in [0, 0.05) is 19.2 Å². The second-order valence-electron chi connectivity index (χ2n) is 4.56. The lowest BCUT2D eigenvalue weighted by molar-refractivity contribution is -0.139. The highest BCUT2D eigenvalue weighted by atomic mass is 16.5. The number of hydrogen-bond donors (Lipinski definition) is 0. The number of anilines is 1. The van der Waals surface area contributed by atoms with Gasteiger partial charge in [-0.2, -0.15) is 0 Å². The van der Waals surface area contributed by atoms with Crippen LogP contribution in [-0.4, -0.2) is 32.0 Å². The molecule has 19 heavy (non-hydrogen) atoms. The molecular weight excluding hydrogens is 242 g/mol. The third-order valence-electron chi connectivity index (χ3n) is 3.17. The van der Waals surface area contributed by atoms with E-state index in [0.29, 0.717) is 6.61 Å². The lowest BCUT2D eigenvalue weighted by Gasteiger charge is -2.27. The van der Waals surface area contributed by atoms with Gasteiger partial charge in [0.15, 0.2) is 0 Å². The smallest absolute Gasteiger partial charge is 0.328 e. The Hall–Kier alpha value is -1.84. The molecule has 0 bridgehead atoms. The van der Waals surface area contributed by atoms with Gasteiger partial charge in [-0.05, 0) is 31.9 Å². The number of ether oxygens (including phenoxy) is 1. The molecule has 0 saturated carbocycles. The summed E-state index contributed by atoms with van der Waals surface area (Å²) in [6.45, 7) is 6.12. The summed E-state index contributed by atoms with van der Waals surface area (Å²) in [7, 11) is 1.96. The second kappa shape index (κ2) is 6.92. The lowest BCUT2D eigenvalue weighted by atomic mass is 10.1. The molecule has 1 heterocycles. The largest absolute Gasteiger partial charge is 0.464 e. The Labute approximate surface area is 114 Å². The fraction of sp³-hybridized carbons (Fsp3) is 0.467. The number of rotatable bonds is 2. The number of benzene rings is 1. The third kappa shape index (κ3) is 3.56. The van der Waals surface area contributed by atoms with Crippen LogP contribution in [0.1, 0.15) is 24.5 Å². The van der Waals surface area contributed by atoms with Gasteiger partial charge >= 0.3 is 5.97 Å². The Morgan fingerprint density at radius 3 is 2.26 bits per heavy atom. The first-order chi connectivity index (χ1) is 9.02. The van der Waals surface area contributed by atoms with Gasteiger partial charge in [-0.3, -0.25) is 0 Å². The van der Waals surface area contributed by atoms with Crippen molar-refractivity contribution in [1.82, 2.24) is 0 Å². The van der Waals surface area contributed by atoms with Gasteiger partial charge in [-0.1, -0.05) is 18.2 Å². The summed E-state index contributed by atoms with van der Waals surface area (Å²) in [5.74, 6) is -0.106. The van der Waals surface area contributed by atoms with Crippen molar-refractivity contribution in [3.8, 4) is 0 Å². The van der Waals surface area contributed by atoms with E-state index in [4.69, 9.17) is 9.53 Å². The van der Waals surface area contributed by atoms with Crippen molar-refractivity contribution in [3.05, 3.63) is 29.3 Å². The van der Waals surface area contributed by atoms with Crippen LogP contribution < -0.4 is 4.90 Å². The molecule has 0 N–H and O–H groups in total. The van der Waals surface area contributed by atoms with Crippen LogP contribution in [-0.2, 0) is 14.3 Å². The van der Waals surface area contributed by atoms with Gasteiger partial charge < -0.3 is 14.4 Å². The van der Waals surface area contributed by atoms with Gasteiger partial charge in [0.05, 0.1) is 6.61 Å². The normalized spacial score (nSPS) is 17.3. The molecule has 1 atom stereocenters. The molecule has 1 unspecified atom stereocenters. The van der Waals surface area contributed by atoms with E-state index >= 15 is 0 Å². The number of likely N-dealkylation sites (N-methyl/N-ethyl adjacent to an activating group) is 1. The SMILES string of the molecule is CC=O.Cc1cccc(C)c1N(C)C1CCOC1=O. The highest BCUT2D eigenvalue weighted by Gasteiger charge is 2.31. The van der Waals surface area contributed by atoms with Crippen LogP contribution in [0.3, 0.4) is 0 Å². The Kier molecular flexibility index (Phi) is 5.55. The summed E-state index contributed by atoms with van der Waals surface area (Å²) < 4.78 is 5.01. The summed E-state index contributed by atoms with van der Waals surface area (Å²) in [5, 5.41) is 0. The summed E-state index contributed by atoms with van der Waals surface area (Å²) >= 11 is 0. The molecule has 4 heteroatoms. The number of aldehydes is 1. The number of para-hydroxylation sites is 1. The standard InChI is InChI=1S/C13H17NO2.C2H4O/c1-9-5-4-6-10(2)12(9)14(3)11-7-8-16-13(11)15;1-2-3/h4-6,11H,7-8H2,1-3H3;2H,1H3. The van der Waals surface area contributed by atoms with Crippen molar-refractivity contribution in [2.24, 2.45) is 0 Å². The average Bonchev–Trinajstić information content (AvgIpc) is 2.76. The van der Waals surface area contributed by atoms with Gasteiger partial charge in [0.25, 0.3) is 0 Å². The highest BCUT2D eigenvalue weighted by molar-refractivity contribution is 5.82. The van der Waals surface area contributed by atoms with E-state index in [1.54, 1.807) is 0 Å². The molecule has 0 aliphatic carbocycles. The van der Waals surface area contributed by atoms with E-state index in [1.165, 1.54) is 18.1 Å². The minimum Gasteiger partial charge on any atom is -0.464 e. The van der Waals surface area contributed by atoms with Crippen molar-refractivity contribution in [2.75, 3.05) is 18.6 Å². The van der Waals surface area contributed by atoms with E-state index < -0.39 is 0 Å². The number of nitrogens with zero attached hydrogens (tertiary/aromatic N) is 1. The van der Waals surface area contributed by atoms with Crippen LogP contribution in [0.5, 0.6) is 0 Å². The molecule has 104 valence electrons. The molecule has 1 aliphatic heterocycles. The van der Waals surface area contributed by atoms with Crippen LogP contribution in [0.4, 0.5) is 5.69 Å². The first-order valence-electron chi connectivity index (χ1n) is 6.38. The van der Waals surface area contributed by atoms with Crippen molar-refractivity contribution >= 4 is 17.9 Å². The third-order valence-corrected chi connectivity index (χ3v) is 3.17. The Morgan fingerprint density at radius 2 is 1.84 bits per heavy atom. The number of hydrogen-bond acceptors (Lipinski definition) is 4. The number of carbonyl (C=O) groups is 2. The maximum Gasteiger partial charge on any atom is 0.328 e. The van der Waals surface area contributed by atoms with Gasteiger partial charge in [-0.25, -0.2) is 4.79 Å². The molecule has 1 aliphatic rings. The zero-order valence-electron chi connectivity index (χ0n) is 12.0. The highest BCUT2D eigenvalue weighted by Crippen LogP contribution is 2.27. The van der Waals surface area contributed by atoms with Crippen molar-refractivity contribution in [3.63, 3.8) is 0 Å². The molecule has 1 aromatic rings. The molecule has 4 nitrogen and oxygen atoms in total. The van der Waals surface area contributed by atoms with E-state index in [9.17, 15) is 4.79 Å². The molecule has 1 aromatic carbocycles. The number of cyclic esters (lactones) is 1. The molecule has 2 rings (SSSR count). The van der Waals surface area contributed by atoms with E-state index in [2.05, 4.69) is 26.0 Å². The minimum atomic E-state index is -0.125. The predicted octanol–water partition coefficient (Wildman–Crippen LogP) is 2.26. The van der Waals surface area contributed by atoms with E-state index in [0.717, 1.165) is 18.4 Å². The fourth-order valence-electron chi connectivity index (χ4n) is 2.35. The Morgan fingerprint density at radius 1 is 1.32 bits per heavy atom. The maximum atomic E-state index is 11.5. The summed E-state index contributed by atoms with van der Waals surface area (Å²) in [6, 6.07) is 6.05. The molecule has 0 amide bonds. The van der Waals surface area contributed by atoms with Crippen molar-refractivity contribution in [1.29, 1.82) is 0 Å². The molecule has 1 saturated heterocycles. The van der Waals surface area contributed by atoms with Gasteiger partial charge in [-0.15, -0.1) is 0 Å². The topological polar surface area (TPSA) is 46.6 Å². The zero-order valence-corrected chi connectivity index (χ0v) is 12.0. The van der Waals surface area contributed by atoms with Crippen LogP contribution >= 0.6 is 0 Å². The molecule has 0 radical (unpaired) electrons. The quantitative estimate of drug-likeness (QED) is 0.606. The van der Waals surface area contributed by atoms with Crippen LogP contribution in [0, 0.1) is 13.8 Å². The predicted molar refractivity (Wildman–Crippen MR) is 75.4 cm³/mol. The molecule has 1 fully saturated rings. The van der Waals surface area contributed by atoms with Crippen LogP contribution in [0.2, 0.25) is 0 Å².